The quantitative estimate of drug-likeness (QED) is 0.322. The van der Waals surface area contributed by atoms with Crippen molar-refractivity contribution < 1.29 is 10.0 Å². The molecule has 0 aliphatic carbocycles. The zero-order valence-corrected chi connectivity index (χ0v) is 12.3. The first-order valence-electron chi connectivity index (χ1n) is 6.75. The van der Waals surface area contributed by atoms with E-state index in [1.807, 2.05) is 32.0 Å². The highest BCUT2D eigenvalue weighted by atomic mass is 16.4. The molecule has 1 atom stereocenters. The molecule has 0 saturated carbocycles. The van der Waals surface area contributed by atoms with E-state index in [0.29, 0.717) is 5.56 Å². The lowest BCUT2D eigenvalue weighted by atomic mass is 9.93. The summed E-state index contributed by atoms with van der Waals surface area (Å²) in [6.45, 7) is 5.98. The van der Waals surface area contributed by atoms with E-state index in [2.05, 4.69) is 17.4 Å². The van der Waals surface area contributed by atoms with E-state index in [0.717, 1.165) is 12.8 Å². The summed E-state index contributed by atoms with van der Waals surface area (Å²) >= 11 is 0. The molecule has 0 fully saturated rings. The van der Waals surface area contributed by atoms with Crippen molar-refractivity contribution in [1.29, 1.82) is 0 Å². The van der Waals surface area contributed by atoms with Crippen molar-refractivity contribution in [2.24, 2.45) is 10.9 Å². The lowest BCUT2D eigenvalue weighted by molar-refractivity contribution is -0.122. The summed E-state index contributed by atoms with van der Waals surface area (Å²) < 4.78 is 0. The third-order valence-electron chi connectivity index (χ3n) is 3.14. The summed E-state index contributed by atoms with van der Waals surface area (Å²) in [5, 5.41) is 14.9. The third-order valence-corrected chi connectivity index (χ3v) is 3.14. The molecule has 4 N–H and O–H groups in total. The Kier molecular flexibility index (Phi) is 5.55. The summed E-state index contributed by atoms with van der Waals surface area (Å²) in [7, 11) is 0. The standard InChI is InChI=1S/C15H23N3O2/c1-4-10-15(2,3)17-14(19)12(13(16)18-20)11-8-6-5-7-9-11/h5-9,12,20H,4,10H2,1-3H3,(H2,16,18)(H,17,19). The zero-order chi connectivity index (χ0) is 15.2. The first-order valence-corrected chi connectivity index (χ1v) is 6.75. The van der Waals surface area contributed by atoms with Gasteiger partial charge < -0.3 is 16.3 Å². The predicted octanol–water partition coefficient (Wildman–Crippen LogP) is 2.21. The summed E-state index contributed by atoms with van der Waals surface area (Å²) in [6, 6.07) is 9.06. The average Bonchev–Trinajstić information content (AvgIpc) is 2.39. The van der Waals surface area contributed by atoms with Crippen LogP contribution in [0, 0.1) is 0 Å². The van der Waals surface area contributed by atoms with Crippen molar-refractivity contribution in [2.45, 2.75) is 45.1 Å². The topological polar surface area (TPSA) is 87.7 Å². The van der Waals surface area contributed by atoms with Gasteiger partial charge in [0.1, 0.15) is 5.92 Å². The number of amidine groups is 1. The fraction of sp³-hybridized carbons (Fsp3) is 0.467. The van der Waals surface area contributed by atoms with Gasteiger partial charge in [0.15, 0.2) is 5.84 Å². The number of carbonyl (C=O) groups is 1. The Morgan fingerprint density at radius 1 is 1.40 bits per heavy atom. The smallest absolute Gasteiger partial charge is 0.235 e. The second-order valence-corrected chi connectivity index (χ2v) is 5.49. The summed E-state index contributed by atoms with van der Waals surface area (Å²) in [5.41, 5.74) is 6.06. The Morgan fingerprint density at radius 3 is 2.50 bits per heavy atom. The maximum atomic E-state index is 12.5. The number of nitrogens with zero attached hydrogens (tertiary/aromatic N) is 1. The van der Waals surface area contributed by atoms with Gasteiger partial charge in [-0.15, -0.1) is 0 Å². The number of benzene rings is 1. The van der Waals surface area contributed by atoms with Gasteiger partial charge in [0.25, 0.3) is 0 Å². The molecule has 0 spiro atoms. The van der Waals surface area contributed by atoms with Crippen LogP contribution in [0.1, 0.15) is 45.1 Å². The molecular formula is C15H23N3O2. The number of hydrogen-bond donors (Lipinski definition) is 3. The van der Waals surface area contributed by atoms with Gasteiger partial charge in [-0.2, -0.15) is 0 Å². The molecule has 0 aliphatic heterocycles. The van der Waals surface area contributed by atoms with Gasteiger partial charge in [0.2, 0.25) is 5.91 Å². The number of nitrogens with one attached hydrogen (secondary N) is 1. The molecule has 20 heavy (non-hydrogen) atoms. The molecule has 110 valence electrons. The van der Waals surface area contributed by atoms with Crippen LogP contribution in [-0.2, 0) is 4.79 Å². The lowest BCUT2D eigenvalue weighted by Gasteiger charge is -2.28. The predicted molar refractivity (Wildman–Crippen MR) is 79.7 cm³/mol. The Hall–Kier alpha value is -2.04. The fourth-order valence-electron chi connectivity index (χ4n) is 2.25. The van der Waals surface area contributed by atoms with E-state index in [1.165, 1.54) is 0 Å². The van der Waals surface area contributed by atoms with E-state index in [1.54, 1.807) is 12.1 Å². The van der Waals surface area contributed by atoms with Crippen molar-refractivity contribution in [1.82, 2.24) is 5.32 Å². The minimum Gasteiger partial charge on any atom is -0.409 e. The Morgan fingerprint density at radius 2 is 2.00 bits per heavy atom. The van der Waals surface area contributed by atoms with Crippen LogP contribution >= 0.6 is 0 Å². The number of carbonyl (C=O) groups excluding carboxylic acids is 1. The van der Waals surface area contributed by atoms with E-state index in [4.69, 9.17) is 10.9 Å². The van der Waals surface area contributed by atoms with Crippen LogP contribution < -0.4 is 11.1 Å². The Bertz CT molecular complexity index is 469. The summed E-state index contributed by atoms with van der Waals surface area (Å²) in [5.74, 6) is -1.15. The highest BCUT2D eigenvalue weighted by Gasteiger charge is 2.29. The molecule has 0 aromatic heterocycles. The van der Waals surface area contributed by atoms with Crippen molar-refractivity contribution in [3.63, 3.8) is 0 Å². The Labute approximate surface area is 119 Å². The third kappa shape index (κ3) is 4.26. The summed E-state index contributed by atoms with van der Waals surface area (Å²) in [6.07, 6.45) is 1.82. The largest absolute Gasteiger partial charge is 0.409 e. The molecule has 1 unspecified atom stereocenters. The average molecular weight is 277 g/mol. The van der Waals surface area contributed by atoms with Gasteiger partial charge in [0.05, 0.1) is 0 Å². The van der Waals surface area contributed by atoms with E-state index in [-0.39, 0.29) is 17.3 Å². The van der Waals surface area contributed by atoms with Crippen LogP contribution in [0.2, 0.25) is 0 Å². The number of nitrogens with two attached hydrogens (primary N) is 1. The van der Waals surface area contributed by atoms with Gasteiger partial charge in [0, 0.05) is 5.54 Å². The molecule has 0 heterocycles. The number of amides is 1. The first kappa shape index (κ1) is 16.0. The first-order chi connectivity index (χ1) is 9.41. The molecular weight excluding hydrogens is 254 g/mol. The monoisotopic (exact) mass is 277 g/mol. The normalized spacial score (nSPS) is 13.8. The minimum absolute atomic E-state index is 0.110. The molecule has 1 rings (SSSR count). The molecule has 1 aromatic carbocycles. The second kappa shape index (κ2) is 6.93. The maximum Gasteiger partial charge on any atom is 0.235 e. The van der Waals surface area contributed by atoms with Crippen LogP contribution in [0.5, 0.6) is 0 Å². The zero-order valence-electron chi connectivity index (χ0n) is 12.3. The molecule has 5 nitrogen and oxygen atoms in total. The van der Waals surface area contributed by atoms with Crippen molar-refractivity contribution in [3.05, 3.63) is 35.9 Å². The molecule has 1 amide bonds. The minimum atomic E-state index is -0.780. The van der Waals surface area contributed by atoms with Crippen LogP contribution in [0.15, 0.2) is 35.5 Å². The highest BCUT2D eigenvalue weighted by Crippen LogP contribution is 2.19. The van der Waals surface area contributed by atoms with E-state index >= 15 is 0 Å². The summed E-state index contributed by atoms with van der Waals surface area (Å²) in [4.78, 5) is 12.5. The highest BCUT2D eigenvalue weighted by molar-refractivity contribution is 6.07. The van der Waals surface area contributed by atoms with E-state index < -0.39 is 5.92 Å². The lowest BCUT2D eigenvalue weighted by Crippen LogP contribution is -2.48. The van der Waals surface area contributed by atoms with Crippen LogP contribution in [-0.4, -0.2) is 22.5 Å². The molecule has 0 radical (unpaired) electrons. The van der Waals surface area contributed by atoms with Gasteiger partial charge in [-0.25, -0.2) is 0 Å². The Balaban J connectivity index is 2.99. The fourth-order valence-corrected chi connectivity index (χ4v) is 2.25. The molecule has 0 aliphatic rings. The van der Waals surface area contributed by atoms with E-state index in [9.17, 15) is 4.79 Å². The molecule has 0 saturated heterocycles. The van der Waals surface area contributed by atoms with Crippen LogP contribution in [0.25, 0.3) is 0 Å². The second-order valence-electron chi connectivity index (χ2n) is 5.49. The number of hydrogen-bond acceptors (Lipinski definition) is 3. The van der Waals surface area contributed by atoms with Gasteiger partial charge in [-0.1, -0.05) is 48.8 Å². The number of oxime groups is 1. The van der Waals surface area contributed by atoms with Crippen LogP contribution in [0.3, 0.4) is 0 Å². The van der Waals surface area contributed by atoms with Crippen molar-refractivity contribution in [3.8, 4) is 0 Å². The SMILES string of the molecule is CCCC(C)(C)NC(=O)C(/C(N)=N/O)c1ccccc1. The molecule has 0 bridgehead atoms. The van der Waals surface area contributed by atoms with Crippen molar-refractivity contribution in [2.75, 3.05) is 0 Å². The van der Waals surface area contributed by atoms with Gasteiger partial charge in [-0.05, 0) is 25.8 Å². The maximum absolute atomic E-state index is 12.5. The van der Waals surface area contributed by atoms with Crippen LogP contribution in [0.4, 0.5) is 0 Å². The van der Waals surface area contributed by atoms with Gasteiger partial charge in [-0.3, -0.25) is 4.79 Å². The molecule has 1 aromatic rings. The van der Waals surface area contributed by atoms with Crippen molar-refractivity contribution >= 4 is 11.7 Å². The number of rotatable bonds is 6. The molecule has 5 heteroatoms. The van der Waals surface area contributed by atoms with Gasteiger partial charge >= 0.3 is 0 Å².